The fraction of sp³-hybridized carbons (Fsp3) is 0.273. The highest BCUT2D eigenvalue weighted by molar-refractivity contribution is 6.01. The van der Waals surface area contributed by atoms with Crippen LogP contribution in [0, 0.1) is 0 Å². The predicted molar refractivity (Wildman–Crippen MR) is 58.6 cm³/mol. The molecule has 1 aromatic rings. The molecule has 6 heteroatoms. The largest absolute Gasteiger partial charge is 0.493 e. The standard InChI is InChI=1S/C11H11NO5/c1-15-8-5-4-7(11(14)12-6-13)9(16-2)10(8)17-3/h4-5H,1-3H3. The average molecular weight is 237 g/mol. The van der Waals surface area contributed by atoms with E-state index in [2.05, 4.69) is 4.99 Å². The Bertz CT molecular complexity index is 477. The summed E-state index contributed by atoms with van der Waals surface area (Å²) in [7, 11) is 4.25. The maximum atomic E-state index is 11.5. The number of hydrogen-bond donors (Lipinski definition) is 0. The molecule has 0 heterocycles. The fourth-order valence-electron chi connectivity index (χ4n) is 1.37. The van der Waals surface area contributed by atoms with Gasteiger partial charge in [0.2, 0.25) is 11.8 Å². The Balaban J connectivity index is 3.42. The lowest BCUT2D eigenvalue weighted by Gasteiger charge is -2.13. The number of amides is 1. The second kappa shape index (κ2) is 5.67. The van der Waals surface area contributed by atoms with Gasteiger partial charge in [-0.2, -0.15) is 0 Å². The zero-order chi connectivity index (χ0) is 12.8. The van der Waals surface area contributed by atoms with Gasteiger partial charge in [-0.05, 0) is 12.1 Å². The maximum absolute atomic E-state index is 11.5. The highest BCUT2D eigenvalue weighted by Crippen LogP contribution is 2.39. The van der Waals surface area contributed by atoms with Gasteiger partial charge in [0.05, 0.1) is 26.9 Å². The zero-order valence-electron chi connectivity index (χ0n) is 9.64. The minimum absolute atomic E-state index is 0.105. The molecule has 0 fully saturated rings. The van der Waals surface area contributed by atoms with E-state index in [0.717, 1.165) is 0 Å². The highest BCUT2D eigenvalue weighted by Gasteiger charge is 2.20. The van der Waals surface area contributed by atoms with Gasteiger partial charge < -0.3 is 14.2 Å². The molecule has 6 nitrogen and oxygen atoms in total. The van der Waals surface area contributed by atoms with Gasteiger partial charge >= 0.3 is 0 Å². The number of rotatable bonds is 4. The molecule has 0 aliphatic rings. The van der Waals surface area contributed by atoms with Gasteiger partial charge in [0.1, 0.15) is 0 Å². The summed E-state index contributed by atoms with van der Waals surface area (Å²) in [6.07, 6.45) is 1.18. The van der Waals surface area contributed by atoms with Crippen molar-refractivity contribution < 1.29 is 23.8 Å². The molecule has 0 aromatic heterocycles. The van der Waals surface area contributed by atoms with Gasteiger partial charge in [0, 0.05) is 0 Å². The molecule has 0 spiro atoms. The molecular formula is C11H11NO5. The molecule has 1 aromatic carbocycles. The SMILES string of the molecule is COc1ccc(C(=O)N=C=O)c(OC)c1OC. The van der Waals surface area contributed by atoms with Crippen molar-refractivity contribution in [1.82, 2.24) is 0 Å². The molecule has 0 atom stereocenters. The first-order valence-corrected chi connectivity index (χ1v) is 4.60. The normalized spacial score (nSPS) is 9.12. The number of carbonyl (C=O) groups excluding carboxylic acids is 2. The number of methoxy groups -OCH3 is 3. The Morgan fingerprint density at radius 1 is 1.12 bits per heavy atom. The Kier molecular flexibility index (Phi) is 4.25. The number of hydrogen-bond acceptors (Lipinski definition) is 5. The van der Waals surface area contributed by atoms with Crippen LogP contribution >= 0.6 is 0 Å². The molecule has 1 rings (SSSR count). The van der Waals surface area contributed by atoms with Crippen LogP contribution in [0.3, 0.4) is 0 Å². The molecule has 17 heavy (non-hydrogen) atoms. The Morgan fingerprint density at radius 2 is 1.76 bits per heavy atom. The van der Waals surface area contributed by atoms with E-state index in [9.17, 15) is 9.59 Å². The zero-order valence-corrected chi connectivity index (χ0v) is 9.64. The topological polar surface area (TPSA) is 74.2 Å². The number of carbonyl (C=O) groups is 1. The lowest BCUT2D eigenvalue weighted by molar-refractivity contribution is 0.0999. The first-order chi connectivity index (χ1) is 8.19. The summed E-state index contributed by atoms with van der Waals surface area (Å²) in [6, 6.07) is 2.96. The summed E-state index contributed by atoms with van der Waals surface area (Å²) in [5, 5.41) is 0. The first-order valence-electron chi connectivity index (χ1n) is 4.60. The predicted octanol–water partition coefficient (Wildman–Crippen LogP) is 1.19. The van der Waals surface area contributed by atoms with Crippen LogP contribution in [0.15, 0.2) is 17.1 Å². The van der Waals surface area contributed by atoms with Crippen molar-refractivity contribution in [2.45, 2.75) is 0 Å². The summed E-state index contributed by atoms with van der Waals surface area (Å²) in [5.41, 5.74) is 0.105. The molecule has 0 saturated carbocycles. The average Bonchev–Trinajstić information content (AvgIpc) is 2.36. The van der Waals surface area contributed by atoms with Crippen molar-refractivity contribution >= 4 is 12.0 Å². The molecule has 0 radical (unpaired) electrons. The molecule has 1 amide bonds. The summed E-state index contributed by atoms with van der Waals surface area (Å²) in [5.74, 6) is 0.0894. The van der Waals surface area contributed by atoms with Crippen molar-refractivity contribution in [3.63, 3.8) is 0 Å². The van der Waals surface area contributed by atoms with Crippen LogP contribution in [0.4, 0.5) is 0 Å². The first kappa shape index (κ1) is 12.7. The maximum Gasteiger partial charge on any atom is 0.291 e. The number of benzene rings is 1. The van der Waals surface area contributed by atoms with Gasteiger partial charge in [-0.15, -0.1) is 4.99 Å². The smallest absolute Gasteiger partial charge is 0.291 e. The van der Waals surface area contributed by atoms with Crippen molar-refractivity contribution in [3.8, 4) is 17.2 Å². The number of isocyanates is 1. The molecule has 0 aliphatic carbocycles. The Hall–Kier alpha value is -2.33. The van der Waals surface area contributed by atoms with Crippen molar-refractivity contribution in [1.29, 1.82) is 0 Å². The van der Waals surface area contributed by atoms with E-state index < -0.39 is 5.91 Å². The van der Waals surface area contributed by atoms with E-state index in [1.165, 1.54) is 39.5 Å². The lowest BCUT2D eigenvalue weighted by Crippen LogP contribution is -2.02. The third-order valence-electron chi connectivity index (χ3n) is 2.08. The molecule has 0 saturated heterocycles. The third kappa shape index (κ3) is 2.43. The van der Waals surface area contributed by atoms with Crippen molar-refractivity contribution in [2.24, 2.45) is 4.99 Å². The molecule has 0 N–H and O–H groups in total. The van der Waals surface area contributed by atoms with Crippen LogP contribution in [0.25, 0.3) is 0 Å². The van der Waals surface area contributed by atoms with E-state index in [1.807, 2.05) is 0 Å². The highest BCUT2D eigenvalue weighted by atomic mass is 16.5. The monoisotopic (exact) mass is 237 g/mol. The number of aliphatic imine (C=N–C) groups is 1. The second-order valence-corrected chi connectivity index (χ2v) is 2.89. The van der Waals surface area contributed by atoms with E-state index in [0.29, 0.717) is 5.75 Å². The number of ether oxygens (including phenoxy) is 3. The van der Waals surface area contributed by atoms with Gasteiger partial charge in [-0.1, -0.05) is 0 Å². The van der Waals surface area contributed by atoms with E-state index >= 15 is 0 Å². The van der Waals surface area contributed by atoms with E-state index in [1.54, 1.807) is 0 Å². The van der Waals surface area contributed by atoms with Crippen molar-refractivity contribution in [3.05, 3.63) is 17.7 Å². The third-order valence-corrected chi connectivity index (χ3v) is 2.08. The summed E-state index contributed by atoms with van der Waals surface area (Å²) < 4.78 is 15.2. The fourth-order valence-corrected chi connectivity index (χ4v) is 1.37. The van der Waals surface area contributed by atoms with Crippen LogP contribution in [-0.2, 0) is 4.79 Å². The Labute approximate surface area is 97.8 Å². The second-order valence-electron chi connectivity index (χ2n) is 2.89. The van der Waals surface area contributed by atoms with Crippen LogP contribution in [-0.4, -0.2) is 33.3 Å². The van der Waals surface area contributed by atoms with Gasteiger partial charge in [0.25, 0.3) is 5.91 Å². The minimum atomic E-state index is -0.752. The molecule has 0 unspecified atom stereocenters. The van der Waals surface area contributed by atoms with Gasteiger partial charge in [0.15, 0.2) is 11.5 Å². The summed E-state index contributed by atoms with van der Waals surface area (Å²) in [6.45, 7) is 0. The van der Waals surface area contributed by atoms with Gasteiger partial charge in [-0.25, -0.2) is 4.79 Å². The van der Waals surface area contributed by atoms with E-state index in [4.69, 9.17) is 14.2 Å². The van der Waals surface area contributed by atoms with Crippen LogP contribution in [0.1, 0.15) is 10.4 Å². The van der Waals surface area contributed by atoms with E-state index in [-0.39, 0.29) is 17.1 Å². The molecule has 90 valence electrons. The lowest BCUT2D eigenvalue weighted by atomic mass is 10.1. The van der Waals surface area contributed by atoms with Crippen molar-refractivity contribution in [2.75, 3.05) is 21.3 Å². The molecular weight excluding hydrogens is 226 g/mol. The summed E-state index contributed by atoms with van der Waals surface area (Å²) >= 11 is 0. The van der Waals surface area contributed by atoms with Crippen LogP contribution in [0.5, 0.6) is 17.2 Å². The molecule has 0 aliphatic heterocycles. The Morgan fingerprint density at radius 3 is 2.24 bits per heavy atom. The number of nitrogens with zero attached hydrogens (tertiary/aromatic N) is 1. The minimum Gasteiger partial charge on any atom is -0.493 e. The van der Waals surface area contributed by atoms with Crippen LogP contribution < -0.4 is 14.2 Å². The quantitative estimate of drug-likeness (QED) is 0.580. The summed E-state index contributed by atoms with van der Waals surface area (Å²) in [4.78, 5) is 24.6. The molecule has 0 bridgehead atoms. The van der Waals surface area contributed by atoms with Gasteiger partial charge in [-0.3, -0.25) is 4.79 Å². The van der Waals surface area contributed by atoms with Crippen LogP contribution in [0.2, 0.25) is 0 Å².